The van der Waals surface area contributed by atoms with Crippen LogP contribution in [-0.4, -0.2) is 63.5 Å². The molecule has 1 aromatic heterocycles. The molecule has 4 heterocycles. The molecule has 3 fully saturated rings. The highest BCUT2D eigenvalue weighted by atomic mass is 35.5. The van der Waals surface area contributed by atoms with E-state index in [9.17, 15) is 14.0 Å². The molecule has 0 unspecified atom stereocenters. The molecule has 2 atom stereocenters. The fourth-order valence-corrected chi connectivity index (χ4v) is 7.33. The van der Waals surface area contributed by atoms with Crippen LogP contribution in [0.3, 0.4) is 0 Å². The van der Waals surface area contributed by atoms with E-state index in [1.165, 1.54) is 18.1 Å². The van der Waals surface area contributed by atoms with E-state index >= 15 is 0 Å². The van der Waals surface area contributed by atoms with Gasteiger partial charge in [-0.05, 0) is 92.2 Å². The number of aromatic amines is 1. The third kappa shape index (κ3) is 8.75. The second-order valence-corrected chi connectivity index (χ2v) is 13.6. The second-order valence-electron chi connectivity index (χ2n) is 12.8. The van der Waals surface area contributed by atoms with Crippen LogP contribution >= 0.6 is 23.2 Å². The third-order valence-electron chi connectivity index (χ3n) is 9.66. The van der Waals surface area contributed by atoms with Crippen LogP contribution in [0.4, 0.5) is 14.9 Å². The minimum absolute atomic E-state index is 0.187. The third-order valence-corrected chi connectivity index (χ3v) is 10.3. The molecule has 3 aromatic carbocycles. The van der Waals surface area contributed by atoms with Crippen LogP contribution < -0.4 is 19.4 Å². The quantitative estimate of drug-likeness (QED) is 0.130. The number of carbonyl (C=O) groups is 2. The predicted octanol–water partition coefficient (Wildman–Crippen LogP) is 7.77. The molecule has 1 N–H and O–H groups in total. The number of nitrogens with one attached hydrogen (secondary N) is 1. The number of benzene rings is 3. The number of esters is 1. The number of pyridine rings is 1. The highest BCUT2D eigenvalue weighted by molar-refractivity contribution is 6.35. The summed E-state index contributed by atoms with van der Waals surface area (Å²) in [6, 6.07) is 18.7. The lowest BCUT2D eigenvalue weighted by Gasteiger charge is -2.44. The van der Waals surface area contributed by atoms with E-state index in [1.807, 2.05) is 12.1 Å². The van der Waals surface area contributed by atoms with Crippen LogP contribution in [0.1, 0.15) is 52.4 Å². The zero-order valence-corrected chi connectivity index (χ0v) is 30.1. The molecule has 7 rings (SSSR count). The first-order valence-corrected chi connectivity index (χ1v) is 17.8. The average Bonchev–Trinajstić information content (AvgIpc) is 3.15. The first-order chi connectivity index (χ1) is 24.7. The summed E-state index contributed by atoms with van der Waals surface area (Å²) in [4.78, 5) is 33.6. The number of rotatable bonds is 13. The Morgan fingerprint density at radius 2 is 1.67 bits per heavy atom. The van der Waals surface area contributed by atoms with Crippen molar-refractivity contribution in [1.82, 2.24) is 4.90 Å². The summed E-state index contributed by atoms with van der Waals surface area (Å²) in [6.45, 7) is 3.04. The van der Waals surface area contributed by atoms with E-state index in [-0.39, 0.29) is 24.8 Å². The van der Waals surface area contributed by atoms with E-state index in [1.54, 1.807) is 68.0 Å². The van der Waals surface area contributed by atoms with Gasteiger partial charge in [-0.1, -0.05) is 53.5 Å². The Morgan fingerprint density at radius 3 is 2.31 bits per heavy atom. The van der Waals surface area contributed by atoms with E-state index < -0.39 is 24.0 Å². The summed E-state index contributed by atoms with van der Waals surface area (Å²) in [5.74, 6) is 0.355. The van der Waals surface area contributed by atoms with Gasteiger partial charge in [0.05, 0.1) is 25.5 Å². The molecule has 3 aliphatic heterocycles. The van der Waals surface area contributed by atoms with Crippen molar-refractivity contribution in [3.8, 4) is 11.5 Å². The van der Waals surface area contributed by atoms with Crippen molar-refractivity contribution in [3.05, 3.63) is 117 Å². The maximum Gasteiger partial charge on any atom is 0.414 e. The molecule has 0 saturated carbocycles. The number of aromatic nitrogens is 1. The largest absolute Gasteiger partial charge is 0.493 e. The number of methoxy groups -OCH3 is 2. The Labute approximate surface area is 307 Å². The van der Waals surface area contributed by atoms with Gasteiger partial charge in [0.25, 0.3) is 0 Å². The molecular formula is C39H41Cl2FN3O6+. The number of piperidine rings is 3. The molecule has 0 spiro atoms. The van der Waals surface area contributed by atoms with Crippen molar-refractivity contribution in [2.45, 2.75) is 44.3 Å². The number of para-hydroxylation sites is 1. The monoisotopic (exact) mass is 736 g/mol. The van der Waals surface area contributed by atoms with Crippen molar-refractivity contribution >= 4 is 41.0 Å². The Kier molecular flexibility index (Phi) is 12.0. The number of anilines is 1. The molecule has 9 nitrogen and oxygen atoms in total. The minimum atomic E-state index is -0.750. The van der Waals surface area contributed by atoms with Crippen LogP contribution in [-0.2, 0) is 22.3 Å². The normalized spacial score (nSPS) is 18.5. The number of hydrogen-bond acceptors (Lipinski definition) is 7. The second kappa shape index (κ2) is 16.8. The summed E-state index contributed by atoms with van der Waals surface area (Å²) in [5.41, 5.74) is 2.79. The Balaban J connectivity index is 1.12. The lowest BCUT2D eigenvalue weighted by Crippen LogP contribution is -2.53. The molecule has 12 heteroatoms. The van der Waals surface area contributed by atoms with Gasteiger partial charge in [0, 0.05) is 25.1 Å². The number of H-pyrrole nitrogens is 1. The van der Waals surface area contributed by atoms with E-state index in [2.05, 4.69) is 9.88 Å². The molecule has 1 amide bonds. The number of fused-ring (bicyclic) bond motifs is 3. The van der Waals surface area contributed by atoms with Crippen LogP contribution in [0.25, 0.3) is 0 Å². The summed E-state index contributed by atoms with van der Waals surface area (Å²) in [6.07, 6.45) is 5.13. The minimum Gasteiger partial charge on any atom is -0.493 e. The zero-order valence-electron chi connectivity index (χ0n) is 28.6. The molecule has 4 aromatic rings. The smallest absolute Gasteiger partial charge is 0.414 e. The summed E-state index contributed by atoms with van der Waals surface area (Å²) in [5, 5.41) is 0.823. The number of amides is 1. The van der Waals surface area contributed by atoms with Crippen LogP contribution in [0, 0.1) is 11.7 Å². The number of aryl methyl sites for hydroxylation is 1. The lowest BCUT2D eigenvalue weighted by molar-refractivity contribution is -0.377. The van der Waals surface area contributed by atoms with Gasteiger partial charge in [0.15, 0.2) is 23.9 Å². The first kappa shape index (κ1) is 36.4. The van der Waals surface area contributed by atoms with Crippen molar-refractivity contribution in [1.29, 1.82) is 0 Å². The molecular weight excluding hydrogens is 696 g/mol. The van der Waals surface area contributed by atoms with Crippen molar-refractivity contribution < 1.29 is 37.9 Å². The first-order valence-electron chi connectivity index (χ1n) is 17.0. The maximum absolute atomic E-state index is 14.9. The topological polar surface area (TPSA) is 91.7 Å². The number of carbonyl (C=O) groups excluding carboxylic acids is 2. The van der Waals surface area contributed by atoms with Gasteiger partial charge in [-0.3, -0.25) is 9.80 Å². The molecule has 51 heavy (non-hydrogen) atoms. The Morgan fingerprint density at radius 1 is 0.961 bits per heavy atom. The molecule has 268 valence electrons. The van der Waals surface area contributed by atoms with Gasteiger partial charge in [-0.25, -0.2) is 19.0 Å². The molecule has 2 bridgehead atoms. The van der Waals surface area contributed by atoms with Crippen molar-refractivity contribution in [2.75, 3.05) is 45.3 Å². The number of nitrogens with zero attached hydrogens (tertiary/aromatic N) is 2. The number of hydrogen-bond donors (Lipinski definition) is 0. The number of halogens is 3. The van der Waals surface area contributed by atoms with Crippen LogP contribution in [0.2, 0.25) is 10.0 Å². The van der Waals surface area contributed by atoms with Gasteiger partial charge in [-0.2, -0.15) is 0 Å². The van der Waals surface area contributed by atoms with E-state index in [0.717, 1.165) is 38.0 Å². The highest BCUT2D eigenvalue weighted by Gasteiger charge is 2.37. The van der Waals surface area contributed by atoms with Gasteiger partial charge in [0.2, 0.25) is 0 Å². The predicted molar refractivity (Wildman–Crippen MR) is 192 cm³/mol. The fourth-order valence-electron chi connectivity index (χ4n) is 6.80. The molecule has 0 radical (unpaired) electrons. The zero-order chi connectivity index (χ0) is 35.9. The van der Waals surface area contributed by atoms with Gasteiger partial charge >= 0.3 is 12.1 Å². The van der Waals surface area contributed by atoms with Gasteiger partial charge < -0.3 is 18.9 Å². The highest BCUT2D eigenvalue weighted by Crippen LogP contribution is 2.36. The van der Waals surface area contributed by atoms with Gasteiger partial charge in [-0.15, -0.1) is 0 Å². The number of ether oxygens (including phenoxy) is 4. The van der Waals surface area contributed by atoms with Crippen LogP contribution in [0.15, 0.2) is 79.1 Å². The van der Waals surface area contributed by atoms with Gasteiger partial charge in [0.1, 0.15) is 28.1 Å². The van der Waals surface area contributed by atoms with E-state index in [0.29, 0.717) is 57.0 Å². The molecule has 3 saturated heterocycles. The fraction of sp³-hybridized carbons (Fsp3) is 0.359. The lowest BCUT2D eigenvalue weighted by atomic mass is 9.86. The van der Waals surface area contributed by atoms with Crippen molar-refractivity contribution in [3.63, 3.8) is 0 Å². The SMILES string of the molecule is COc1ccc([C@H](Cc2c(Cl)c[nH+]cc2Cl)OC(=O)c2ccc(CCCN(C(=O)O[C@H]3CN4CCC3CC4)c3ccccc3F)cc2)cc1OC. The van der Waals surface area contributed by atoms with E-state index in [4.69, 9.17) is 42.1 Å². The van der Waals surface area contributed by atoms with Crippen LogP contribution in [0.5, 0.6) is 11.5 Å². The standard InChI is InChI=1S/C39H40Cl2FN3O6/c1-48-34-14-13-28(20-36(34)49-2)35(21-29-30(40)22-43-23-31(29)41)50-38(46)27-11-9-25(10-12-27)6-5-17-45(33-8-4-3-7-32(33)42)39(47)51-37-24-44-18-15-26(37)16-19-44/h3-4,7-14,20,22-23,26,35,37H,5-6,15-19,21,24H2,1-2H3/p+1/t35-,37-/m0/s1. The molecule has 3 aliphatic rings. The Hall–Kier alpha value is -4.38. The maximum atomic E-state index is 14.9. The summed E-state index contributed by atoms with van der Waals surface area (Å²) < 4.78 is 37.8. The van der Waals surface area contributed by atoms with Crippen molar-refractivity contribution in [2.24, 2.45) is 5.92 Å². The summed E-state index contributed by atoms with van der Waals surface area (Å²) in [7, 11) is 3.08. The molecule has 0 aliphatic carbocycles. The average molecular weight is 738 g/mol. The summed E-state index contributed by atoms with van der Waals surface area (Å²) >= 11 is 12.9. The Bertz CT molecular complexity index is 1820.